The lowest BCUT2D eigenvalue weighted by Gasteiger charge is -2.22. The quantitative estimate of drug-likeness (QED) is 0.829. The molecular formula is C22H25FN2O2. The maximum Gasteiger partial charge on any atom is 0.253 e. The number of hydrogen-bond acceptors (Lipinski definition) is 2. The standard InChI is InChI=1S/C22H25FN2O2/c1-17-4-2-5-19(16-17)22(27)25-13-3-12-24(14-15-25)21(26)11-8-18-6-9-20(23)10-7-18/h2,4-7,9-10,16H,3,8,11-15H2,1H3. The topological polar surface area (TPSA) is 40.6 Å². The van der Waals surface area contributed by atoms with Crippen LogP contribution >= 0.6 is 0 Å². The molecule has 1 fully saturated rings. The lowest BCUT2D eigenvalue weighted by molar-refractivity contribution is -0.131. The van der Waals surface area contributed by atoms with Crippen molar-refractivity contribution in [3.8, 4) is 0 Å². The summed E-state index contributed by atoms with van der Waals surface area (Å²) in [5.74, 6) is -0.153. The number of rotatable bonds is 4. The van der Waals surface area contributed by atoms with Crippen molar-refractivity contribution in [1.82, 2.24) is 9.80 Å². The van der Waals surface area contributed by atoms with Gasteiger partial charge in [0.2, 0.25) is 5.91 Å². The van der Waals surface area contributed by atoms with E-state index in [1.165, 1.54) is 12.1 Å². The first-order chi connectivity index (χ1) is 13.0. The Kier molecular flexibility index (Phi) is 6.22. The highest BCUT2D eigenvalue weighted by molar-refractivity contribution is 5.94. The van der Waals surface area contributed by atoms with Crippen LogP contribution in [-0.2, 0) is 11.2 Å². The van der Waals surface area contributed by atoms with Gasteiger partial charge in [-0.25, -0.2) is 4.39 Å². The molecule has 4 nitrogen and oxygen atoms in total. The third kappa shape index (κ3) is 5.16. The molecule has 0 spiro atoms. The number of carbonyl (C=O) groups excluding carboxylic acids is 2. The van der Waals surface area contributed by atoms with Gasteiger partial charge >= 0.3 is 0 Å². The molecule has 0 bridgehead atoms. The molecule has 27 heavy (non-hydrogen) atoms. The number of halogens is 1. The molecule has 0 unspecified atom stereocenters. The van der Waals surface area contributed by atoms with Gasteiger partial charge in [-0.2, -0.15) is 0 Å². The number of aryl methyl sites for hydroxylation is 2. The zero-order chi connectivity index (χ0) is 19.2. The fourth-order valence-electron chi connectivity index (χ4n) is 3.39. The summed E-state index contributed by atoms with van der Waals surface area (Å²) in [6.45, 7) is 4.41. The predicted molar refractivity (Wildman–Crippen MR) is 103 cm³/mol. The van der Waals surface area contributed by atoms with Crippen molar-refractivity contribution in [1.29, 1.82) is 0 Å². The van der Waals surface area contributed by atoms with Gasteiger partial charge in [0.25, 0.3) is 5.91 Å². The van der Waals surface area contributed by atoms with Gasteiger partial charge in [0.15, 0.2) is 0 Å². The molecule has 2 amide bonds. The molecule has 5 heteroatoms. The van der Waals surface area contributed by atoms with Crippen molar-refractivity contribution >= 4 is 11.8 Å². The molecule has 0 aliphatic carbocycles. The van der Waals surface area contributed by atoms with E-state index < -0.39 is 0 Å². The zero-order valence-corrected chi connectivity index (χ0v) is 15.7. The second kappa shape index (κ2) is 8.80. The Morgan fingerprint density at radius 3 is 2.41 bits per heavy atom. The van der Waals surface area contributed by atoms with Crippen LogP contribution in [0, 0.1) is 12.7 Å². The van der Waals surface area contributed by atoms with Gasteiger partial charge in [0, 0.05) is 38.2 Å². The fraction of sp³-hybridized carbons (Fsp3) is 0.364. The number of hydrogen-bond donors (Lipinski definition) is 0. The van der Waals surface area contributed by atoms with Crippen LogP contribution in [0.25, 0.3) is 0 Å². The van der Waals surface area contributed by atoms with Crippen LogP contribution in [0.15, 0.2) is 48.5 Å². The van der Waals surface area contributed by atoms with E-state index >= 15 is 0 Å². The highest BCUT2D eigenvalue weighted by Gasteiger charge is 2.22. The SMILES string of the molecule is Cc1cccc(C(=O)N2CCCN(C(=O)CCc3ccc(F)cc3)CC2)c1. The maximum atomic E-state index is 13.0. The van der Waals surface area contributed by atoms with E-state index in [2.05, 4.69) is 0 Å². The lowest BCUT2D eigenvalue weighted by Crippen LogP contribution is -2.37. The van der Waals surface area contributed by atoms with E-state index in [9.17, 15) is 14.0 Å². The van der Waals surface area contributed by atoms with E-state index in [-0.39, 0.29) is 17.6 Å². The second-order valence-electron chi connectivity index (χ2n) is 7.02. The first-order valence-corrected chi connectivity index (χ1v) is 9.41. The monoisotopic (exact) mass is 368 g/mol. The van der Waals surface area contributed by atoms with Gasteiger partial charge in [-0.15, -0.1) is 0 Å². The van der Waals surface area contributed by atoms with Crippen LogP contribution in [0.4, 0.5) is 4.39 Å². The first kappa shape index (κ1) is 19.1. The molecule has 1 heterocycles. The molecule has 1 aliphatic heterocycles. The number of benzene rings is 2. The molecule has 1 aliphatic rings. The van der Waals surface area contributed by atoms with Crippen LogP contribution in [0.2, 0.25) is 0 Å². The molecule has 0 radical (unpaired) electrons. The summed E-state index contributed by atoms with van der Waals surface area (Å²) in [6, 6.07) is 13.9. The Balaban J connectivity index is 1.53. The summed E-state index contributed by atoms with van der Waals surface area (Å²) in [5.41, 5.74) is 2.72. The maximum absolute atomic E-state index is 13.0. The van der Waals surface area contributed by atoms with Gasteiger partial charge in [0.05, 0.1) is 0 Å². The first-order valence-electron chi connectivity index (χ1n) is 9.41. The second-order valence-corrected chi connectivity index (χ2v) is 7.02. The van der Waals surface area contributed by atoms with Crippen molar-refractivity contribution in [2.45, 2.75) is 26.2 Å². The number of carbonyl (C=O) groups is 2. The number of nitrogens with zero attached hydrogens (tertiary/aromatic N) is 2. The normalized spacial score (nSPS) is 14.7. The van der Waals surface area contributed by atoms with Crippen molar-refractivity contribution in [2.24, 2.45) is 0 Å². The summed E-state index contributed by atoms with van der Waals surface area (Å²) in [6.07, 6.45) is 1.78. The molecule has 1 saturated heterocycles. The minimum absolute atomic E-state index is 0.0271. The summed E-state index contributed by atoms with van der Waals surface area (Å²) in [5, 5.41) is 0. The van der Waals surface area contributed by atoms with Crippen molar-refractivity contribution in [3.05, 3.63) is 71.0 Å². The summed E-state index contributed by atoms with van der Waals surface area (Å²) in [4.78, 5) is 28.9. The summed E-state index contributed by atoms with van der Waals surface area (Å²) >= 11 is 0. The van der Waals surface area contributed by atoms with Gasteiger partial charge in [-0.3, -0.25) is 9.59 Å². The van der Waals surface area contributed by atoms with E-state index in [1.807, 2.05) is 41.0 Å². The van der Waals surface area contributed by atoms with Crippen molar-refractivity contribution < 1.29 is 14.0 Å². The molecule has 3 rings (SSSR count). The molecule has 0 N–H and O–H groups in total. The smallest absolute Gasteiger partial charge is 0.253 e. The number of amides is 2. The van der Waals surface area contributed by atoms with Crippen LogP contribution in [0.3, 0.4) is 0 Å². The summed E-state index contributed by atoms with van der Waals surface area (Å²) < 4.78 is 13.0. The van der Waals surface area contributed by atoms with E-state index in [4.69, 9.17) is 0 Å². The van der Waals surface area contributed by atoms with Crippen LogP contribution in [0.5, 0.6) is 0 Å². The van der Waals surface area contributed by atoms with Crippen molar-refractivity contribution in [2.75, 3.05) is 26.2 Å². The third-order valence-electron chi connectivity index (χ3n) is 4.94. The highest BCUT2D eigenvalue weighted by Crippen LogP contribution is 2.13. The molecule has 142 valence electrons. The molecule has 2 aromatic carbocycles. The average molecular weight is 368 g/mol. The van der Waals surface area contributed by atoms with Crippen LogP contribution in [0.1, 0.15) is 34.3 Å². The zero-order valence-electron chi connectivity index (χ0n) is 15.7. The Hall–Kier alpha value is -2.69. The minimum Gasteiger partial charge on any atom is -0.341 e. The Morgan fingerprint density at radius 1 is 0.963 bits per heavy atom. The van der Waals surface area contributed by atoms with Crippen LogP contribution in [-0.4, -0.2) is 47.8 Å². The van der Waals surface area contributed by atoms with Crippen molar-refractivity contribution in [3.63, 3.8) is 0 Å². The Labute approximate surface area is 159 Å². The van der Waals surface area contributed by atoms with E-state index in [0.29, 0.717) is 44.6 Å². The van der Waals surface area contributed by atoms with Gasteiger partial charge < -0.3 is 9.80 Å². The summed E-state index contributed by atoms with van der Waals surface area (Å²) in [7, 11) is 0. The Bertz CT molecular complexity index is 804. The molecule has 0 atom stereocenters. The van der Waals surface area contributed by atoms with Gasteiger partial charge in [-0.1, -0.05) is 29.8 Å². The van der Waals surface area contributed by atoms with Crippen LogP contribution < -0.4 is 0 Å². The van der Waals surface area contributed by atoms with E-state index in [0.717, 1.165) is 17.5 Å². The lowest BCUT2D eigenvalue weighted by atomic mass is 10.1. The fourth-order valence-corrected chi connectivity index (χ4v) is 3.39. The largest absolute Gasteiger partial charge is 0.341 e. The minimum atomic E-state index is -0.268. The third-order valence-corrected chi connectivity index (χ3v) is 4.94. The molecular weight excluding hydrogens is 343 g/mol. The average Bonchev–Trinajstić information content (AvgIpc) is 2.93. The molecule has 0 aromatic heterocycles. The molecule has 2 aromatic rings. The predicted octanol–water partition coefficient (Wildman–Crippen LogP) is 3.44. The molecule has 0 saturated carbocycles. The van der Waals surface area contributed by atoms with Gasteiger partial charge in [0.1, 0.15) is 5.82 Å². The van der Waals surface area contributed by atoms with Gasteiger partial charge in [-0.05, 0) is 49.6 Å². The highest BCUT2D eigenvalue weighted by atomic mass is 19.1. The van der Waals surface area contributed by atoms with E-state index in [1.54, 1.807) is 12.1 Å². The Morgan fingerprint density at radius 2 is 1.67 bits per heavy atom.